The Labute approximate surface area is 64.7 Å². The SMILES string of the molecule is Cc1cc(C)[n+]2cc[nH]c2n1. The lowest BCUT2D eigenvalue weighted by Gasteiger charge is -1.90. The van der Waals surface area contributed by atoms with E-state index in [0.717, 1.165) is 11.5 Å². The van der Waals surface area contributed by atoms with Gasteiger partial charge < -0.3 is 0 Å². The molecular formula is C8H10N3+. The first-order valence-electron chi connectivity index (χ1n) is 3.60. The molecule has 0 radical (unpaired) electrons. The van der Waals surface area contributed by atoms with Gasteiger partial charge in [0.05, 0.1) is 11.9 Å². The van der Waals surface area contributed by atoms with E-state index in [9.17, 15) is 0 Å². The molecule has 0 bridgehead atoms. The molecule has 0 spiro atoms. The van der Waals surface area contributed by atoms with Gasteiger partial charge in [0.2, 0.25) is 0 Å². The highest BCUT2D eigenvalue weighted by atomic mass is 15.1. The summed E-state index contributed by atoms with van der Waals surface area (Å²) in [6, 6.07) is 2.06. The van der Waals surface area contributed by atoms with E-state index in [2.05, 4.69) is 23.0 Å². The zero-order valence-electron chi connectivity index (χ0n) is 6.63. The Morgan fingerprint density at radius 1 is 1.45 bits per heavy atom. The van der Waals surface area contributed by atoms with Crippen LogP contribution in [0.5, 0.6) is 0 Å². The number of hydrogen-bond donors (Lipinski definition) is 1. The molecule has 2 aromatic rings. The average Bonchev–Trinajstić information content (AvgIpc) is 2.34. The standard InChI is InChI=1S/C8H9N3/c1-6-5-7(2)11-4-3-9-8(11)10-6/h3-5H,1-2H3/p+1. The third-order valence-corrected chi connectivity index (χ3v) is 1.74. The first-order chi connectivity index (χ1) is 5.27. The number of aromatic amines is 1. The normalized spacial score (nSPS) is 10.7. The van der Waals surface area contributed by atoms with Gasteiger partial charge in [-0.25, -0.2) is 9.38 Å². The molecule has 2 aromatic heterocycles. The molecule has 0 fully saturated rings. The van der Waals surface area contributed by atoms with Crippen molar-refractivity contribution in [1.82, 2.24) is 9.97 Å². The van der Waals surface area contributed by atoms with E-state index in [1.807, 2.05) is 23.7 Å². The van der Waals surface area contributed by atoms with Gasteiger partial charge in [0.1, 0.15) is 11.9 Å². The molecule has 0 aromatic carbocycles. The monoisotopic (exact) mass is 148 g/mol. The quantitative estimate of drug-likeness (QED) is 0.550. The Balaban J connectivity index is 2.91. The smallest absolute Gasteiger partial charge is 0.245 e. The van der Waals surface area contributed by atoms with Crippen LogP contribution in [0.4, 0.5) is 0 Å². The second-order valence-electron chi connectivity index (χ2n) is 2.69. The van der Waals surface area contributed by atoms with Crippen LogP contribution in [0.15, 0.2) is 18.5 Å². The molecule has 3 heteroatoms. The van der Waals surface area contributed by atoms with E-state index in [4.69, 9.17) is 0 Å². The van der Waals surface area contributed by atoms with Gasteiger partial charge in [-0.1, -0.05) is 4.98 Å². The Hall–Kier alpha value is -1.38. The van der Waals surface area contributed by atoms with E-state index >= 15 is 0 Å². The summed E-state index contributed by atoms with van der Waals surface area (Å²) in [5.41, 5.74) is 2.25. The van der Waals surface area contributed by atoms with Crippen LogP contribution in [-0.4, -0.2) is 9.97 Å². The number of imidazole rings is 1. The molecule has 0 saturated carbocycles. The number of nitrogens with zero attached hydrogens (tertiary/aromatic N) is 2. The van der Waals surface area contributed by atoms with Gasteiger partial charge in [0, 0.05) is 6.07 Å². The molecule has 11 heavy (non-hydrogen) atoms. The Bertz CT molecular complexity index is 389. The van der Waals surface area contributed by atoms with Gasteiger partial charge in [-0.15, -0.1) is 0 Å². The molecule has 1 N–H and O–H groups in total. The number of H-pyrrole nitrogens is 1. The predicted molar refractivity (Wildman–Crippen MR) is 41.2 cm³/mol. The summed E-state index contributed by atoms with van der Waals surface area (Å²) in [4.78, 5) is 7.36. The molecule has 2 rings (SSSR count). The maximum atomic E-state index is 4.30. The summed E-state index contributed by atoms with van der Waals surface area (Å²) in [5.74, 6) is 0.905. The van der Waals surface area contributed by atoms with E-state index in [1.165, 1.54) is 5.69 Å². The molecule has 2 heterocycles. The maximum Gasteiger partial charge on any atom is 0.401 e. The molecule has 3 nitrogen and oxygen atoms in total. The van der Waals surface area contributed by atoms with Crippen molar-refractivity contribution < 1.29 is 4.40 Å². The Morgan fingerprint density at radius 3 is 3.09 bits per heavy atom. The summed E-state index contributed by atoms with van der Waals surface area (Å²) in [6.45, 7) is 4.06. The second-order valence-corrected chi connectivity index (χ2v) is 2.69. The number of aromatic nitrogens is 3. The van der Waals surface area contributed by atoms with Crippen molar-refractivity contribution in [1.29, 1.82) is 0 Å². The van der Waals surface area contributed by atoms with Gasteiger partial charge in [0.25, 0.3) is 0 Å². The van der Waals surface area contributed by atoms with Crippen molar-refractivity contribution in [3.63, 3.8) is 0 Å². The van der Waals surface area contributed by atoms with Crippen LogP contribution in [0.3, 0.4) is 0 Å². The molecular weight excluding hydrogens is 138 g/mol. The number of rotatable bonds is 0. The molecule has 0 aliphatic heterocycles. The summed E-state index contributed by atoms with van der Waals surface area (Å²) in [6.07, 6.45) is 3.85. The molecule has 0 aliphatic carbocycles. The van der Waals surface area contributed by atoms with Gasteiger partial charge >= 0.3 is 5.78 Å². The van der Waals surface area contributed by atoms with Crippen LogP contribution in [0, 0.1) is 13.8 Å². The first-order valence-corrected chi connectivity index (χ1v) is 3.60. The highest BCUT2D eigenvalue weighted by Gasteiger charge is 2.06. The average molecular weight is 148 g/mol. The maximum absolute atomic E-state index is 4.30. The van der Waals surface area contributed by atoms with E-state index < -0.39 is 0 Å². The fourth-order valence-corrected chi connectivity index (χ4v) is 1.27. The number of aryl methyl sites for hydroxylation is 2. The number of nitrogens with one attached hydrogen (secondary N) is 1. The minimum atomic E-state index is 0.905. The summed E-state index contributed by atoms with van der Waals surface area (Å²) < 4.78 is 2.02. The lowest BCUT2D eigenvalue weighted by atomic mass is 10.3. The van der Waals surface area contributed by atoms with E-state index in [1.54, 1.807) is 0 Å². The molecule has 0 amide bonds. The van der Waals surface area contributed by atoms with Crippen LogP contribution in [-0.2, 0) is 0 Å². The van der Waals surface area contributed by atoms with Crippen molar-refractivity contribution >= 4 is 5.78 Å². The van der Waals surface area contributed by atoms with Crippen LogP contribution in [0.25, 0.3) is 5.78 Å². The van der Waals surface area contributed by atoms with Crippen LogP contribution < -0.4 is 4.40 Å². The van der Waals surface area contributed by atoms with Gasteiger partial charge in [-0.05, 0) is 13.8 Å². The second kappa shape index (κ2) is 2.05. The number of hydrogen-bond acceptors (Lipinski definition) is 1. The lowest BCUT2D eigenvalue weighted by Crippen LogP contribution is -2.24. The van der Waals surface area contributed by atoms with Gasteiger partial charge in [-0.3, -0.25) is 0 Å². The largest absolute Gasteiger partial charge is 0.401 e. The minimum absolute atomic E-state index is 0.905. The fourth-order valence-electron chi connectivity index (χ4n) is 1.27. The third kappa shape index (κ3) is 0.888. The first kappa shape index (κ1) is 6.34. The van der Waals surface area contributed by atoms with Gasteiger partial charge in [0.15, 0.2) is 0 Å². The summed E-state index contributed by atoms with van der Waals surface area (Å²) >= 11 is 0. The zero-order valence-corrected chi connectivity index (χ0v) is 6.63. The van der Waals surface area contributed by atoms with E-state index in [0.29, 0.717) is 0 Å². The minimum Gasteiger partial charge on any atom is -0.245 e. The van der Waals surface area contributed by atoms with Crippen LogP contribution >= 0.6 is 0 Å². The molecule has 56 valence electrons. The fraction of sp³-hybridized carbons (Fsp3) is 0.250. The molecule has 0 unspecified atom stereocenters. The third-order valence-electron chi connectivity index (χ3n) is 1.74. The topological polar surface area (TPSA) is 32.8 Å². The molecule has 0 saturated heterocycles. The lowest BCUT2D eigenvalue weighted by molar-refractivity contribution is -0.520. The molecule has 0 aliphatic rings. The predicted octanol–water partition coefficient (Wildman–Crippen LogP) is 0.765. The highest BCUT2D eigenvalue weighted by molar-refractivity contribution is 5.19. The Kier molecular flexibility index (Phi) is 1.18. The van der Waals surface area contributed by atoms with Crippen LogP contribution in [0.1, 0.15) is 11.4 Å². The summed E-state index contributed by atoms with van der Waals surface area (Å²) in [5, 5.41) is 0. The summed E-state index contributed by atoms with van der Waals surface area (Å²) in [7, 11) is 0. The van der Waals surface area contributed by atoms with Crippen LogP contribution in [0.2, 0.25) is 0 Å². The van der Waals surface area contributed by atoms with Crippen molar-refractivity contribution in [3.05, 3.63) is 29.8 Å². The van der Waals surface area contributed by atoms with Crippen molar-refractivity contribution in [2.75, 3.05) is 0 Å². The highest BCUT2D eigenvalue weighted by Crippen LogP contribution is 1.96. The van der Waals surface area contributed by atoms with E-state index in [-0.39, 0.29) is 0 Å². The van der Waals surface area contributed by atoms with Gasteiger partial charge in [-0.2, -0.15) is 0 Å². The van der Waals surface area contributed by atoms with Crippen molar-refractivity contribution in [3.8, 4) is 0 Å². The zero-order chi connectivity index (χ0) is 7.84. The Morgan fingerprint density at radius 2 is 2.27 bits per heavy atom. The van der Waals surface area contributed by atoms with Crippen molar-refractivity contribution in [2.24, 2.45) is 0 Å². The molecule has 0 atom stereocenters. The van der Waals surface area contributed by atoms with Crippen molar-refractivity contribution in [2.45, 2.75) is 13.8 Å². The number of fused-ring (bicyclic) bond motifs is 1.